The maximum absolute atomic E-state index is 12.6. The normalized spacial score (nSPS) is 12.7. The largest absolute Gasteiger partial charge is 0.416 e. The highest BCUT2D eigenvalue weighted by Gasteiger charge is 2.32. The molecule has 19 heavy (non-hydrogen) atoms. The first kappa shape index (κ1) is 16.4. The zero-order valence-electron chi connectivity index (χ0n) is 9.79. The van der Waals surface area contributed by atoms with Crippen LogP contribution in [0.15, 0.2) is 27.6 Å². The van der Waals surface area contributed by atoms with Crippen LogP contribution in [0.5, 0.6) is 0 Å². The van der Waals surface area contributed by atoms with Crippen LogP contribution in [-0.4, -0.2) is 28.7 Å². The number of hydrogen-bond donors (Lipinski definition) is 1. The Kier molecular flexibility index (Phi) is 5.36. The van der Waals surface area contributed by atoms with Crippen molar-refractivity contribution in [2.45, 2.75) is 11.1 Å². The fourth-order valence-corrected chi connectivity index (χ4v) is 2.97. The lowest BCUT2D eigenvalue weighted by Crippen LogP contribution is -2.27. The number of hydrogen-bond acceptors (Lipinski definition) is 3. The first-order valence-corrected chi connectivity index (χ1v) is 7.31. The van der Waals surface area contributed by atoms with Crippen LogP contribution in [0, 0.1) is 0 Å². The molecule has 108 valence electrons. The maximum Gasteiger partial charge on any atom is 0.416 e. The Morgan fingerprint density at radius 2 is 1.95 bits per heavy atom. The summed E-state index contributed by atoms with van der Waals surface area (Å²) < 4.78 is 68.2. The molecule has 0 saturated heterocycles. The number of sulfonamides is 1. The highest BCUT2D eigenvalue weighted by molar-refractivity contribution is 9.10. The van der Waals surface area contributed by atoms with Crippen LogP contribution in [-0.2, 0) is 20.9 Å². The van der Waals surface area contributed by atoms with Crippen molar-refractivity contribution in [3.05, 3.63) is 28.2 Å². The van der Waals surface area contributed by atoms with Crippen LogP contribution in [0.25, 0.3) is 0 Å². The number of rotatable bonds is 5. The first-order chi connectivity index (χ1) is 8.66. The van der Waals surface area contributed by atoms with Crippen molar-refractivity contribution in [1.29, 1.82) is 0 Å². The summed E-state index contributed by atoms with van der Waals surface area (Å²) in [5, 5.41) is 0. The number of halogens is 4. The SMILES string of the molecule is COCCNS(=O)(=O)c1cc(Br)cc(C(F)(F)F)c1. The van der Waals surface area contributed by atoms with Crippen LogP contribution in [0.3, 0.4) is 0 Å². The molecule has 0 amide bonds. The Balaban J connectivity index is 3.10. The van der Waals surface area contributed by atoms with Gasteiger partial charge in [-0.1, -0.05) is 15.9 Å². The molecule has 0 aromatic heterocycles. The van der Waals surface area contributed by atoms with Gasteiger partial charge in [-0.05, 0) is 18.2 Å². The van der Waals surface area contributed by atoms with Gasteiger partial charge in [-0.15, -0.1) is 0 Å². The van der Waals surface area contributed by atoms with Crippen LogP contribution < -0.4 is 4.72 Å². The van der Waals surface area contributed by atoms with Crippen molar-refractivity contribution in [2.24, 2.45) is 0 Å². The van der Waals surface area contributed by atoms with Gasteiger partial charge in [0.15, 0.2) is 0 Å². The zero-order chi connectivity index (χ0) is 14.7. The predicted octanol–water partition coefficient (Wildman–Crippen LogP) is 2.39. The van der Waals surface area contributed by atoms with Crippen LogP contribution >= 0.6 is 15.9 Å². The number of benzene rings is 1. The van der Waals surface area contributed by atoms with E-state index in [0.29, 0.717) is 6.07 Å². The van der Waals surface area contributed by atoms with E-state index in [4.69, 9.17) is 0 Å². The third kappa shape index (κ3) is 4.75. The summed E-state index contributed by atoms with van der Waals surface area (Å²) in [7, 11) is -2.61. The number of methoxy groups -OCH3 is 1. The monoisotopic (exact) mass is 361 g/mol. The molecule has 0 heterocycles. The summed E-state index contributed by atoms with van der Waals surface area (Å²) in [4.78, 5) is -0.453. The summed E-state index contributed by atoms with van der Waals surface area (Å²) in [5.41, 5.74) is -1.03. The van der Waals surface area contributed by atoms with E-state index in [0.717, 1.165) is 12.1 Å². The Morgan fingerprint density at radius 1 is 1.32 bits per heavy atom. The molecule has 1 rings (SSSR count). The number of ether oxygens (including phenoxy) is 1. The quantitative estimate of drug-likeness (QED) is 0.819. The van der Waals surface area contributed by atoms with Gasteiger partial charge in [-0.3, -0.25) is 0 Å². The van der Waals surface area contributed by atoms with Gasteiger partial charge in [0.1, 0.15) is 0 Å². The molecule has 0 radical (unpaired) electrons. The Bertz CT molecular complexity index is 545. The van der Waals surface area contributed by atoms with Crippen LogP contribution in [0.2, 0.25) is 0 Å². The molecule has 0 aliphatic rings. The summed E-state index contributed by atoms with van der Waals surface area (Å²) in [6.07, 6.45) is -4.61. The van der Waals surface area contributed by atoms with Crippen molar-refractivity contribution in [2.75, 3.05) is 20.3 Å². The van der Waals surface area contributed by atoms with E-state index in [-0.39, 0.29) is 17.6 Å². The minimum Gasteiger partial charge on any atom is -0.383 e. The molecule has 0 spiro atoms. The van der Waals surface area contributed by atoms with E-state index < -0.39 is 26.7 Å². The summed E-state index contributed by atoms with van der Waals surface area (Å²) in [6, 6.07) is 2.50. The molecule has 4 nitrogen and oxygen atoms in total. The smallest absolute Gasteiger partial charge is 0.383 e. The number of nitrogens with one attached hydrogen (secondary N) is 1. The summed E-state index contributed by atoms with van der Waals surface area (Å²) in [5.74, 6) is 0. The van der Waals surface area contributed by atoms with Gasteiger partial charge in [-0.2, -0.15) is 13.2 Å². The molecule has 0 bridgehead atoms. The van der Waals surface area contributed by atoms with Crippen molar-refractivity contribution >= 4 is 26.0 Å². The highest BCUT2D eigenvalue weighted by atomic mass is 79.9. The predicted molar refractivity (Wildman–Crippen MR) is 66.2 cm³/mol. The second kappa shape index (κ2) is 6.21. The minimum atomic E-state index is -4.61. The molecule has 0 aliphatic heterocycles. The number of alkyl halides is 3. The third-order valence-electron chi connectivity index (χ3n) is 2.11. The van der Waals surface area contributed by atoms with Gasteiger partial charge >= 0.3 is 6.18 Å². The molecule has 1 aromatic carbocycles. The Morgan fingerprint density at radius 3 is 2.47 bits per heavy atom. The van der Waals surface area contributed by atoms with E-state index in [9.17, 15) is 21.6 Å². The van der Waals surface area contributed by atoms with E-state index in [1.54, 1.807) is 0 Å². The molecule has 0 atom stereocenters. The summed E-state index contributed by atoms with van der Waals surface area (Å²) in [6.45, 7) is 0.103. The average Bonchev–Trinajstić information content (AvgIpc) is 2.27. The minimum absolute atomic E-state index is 0.0211. The topological polar surface area (TPSA) is 55.4 Å². The van der Waals surface area contributed by atoms with Crippen molar-refractivity contribution < 1.29 is 26.3 Å². The fourth-order valence-electron chi connectivity index (χ4n) is 1.24. The van der Waals surface area contributed by atoms with Crippen molar-refractivity contribution in [3.63, 3.8) is 0 Å². The zero-order valence-corrected chi connectivity index (χ0v) is 12.2. The van der Waals surface area contributed by atoms with Gasteiger partial charge in [-0.25, -0.2) is 13.1 Å². The highest BCUT2D eigenvalue weighted by Crippen LogP contribution is 2.32. The van der Waals surface area contributed by atoms with Gasteiger partial charge in [0.05, 0.1) is 17.1 Å². The van der Waals surface area contributed by atoms with Crippen LogP contribution in [0.4, 0.5) is 13.2 Å². The Hall–Kier alpha value is -0.640. The van der Waals surface area contributed by atoms with Crippen molar-refractivity contribution in [3.8, 4) is 0 Å². The lowest BCUT2D eigenvalue weighted by Gasteiger charge is -2.11. The molecular formula is C10H11BrF3NO3S. The van der Waals surface area contributed by atoms with E-state index >= 15 is 0 Å². The van der Waals surface area contributed by atoms with Gasteiger partial charge in [0.2, 0.25) is 10.0 Å². The van der Waals surface area contributed by atoms with E-state index in [1.807, 2.05) is 0 Å². The lowest BCUT2D eigenvalue weighted by molar-refractivity contribution is -0.137. The second-order valence-corrected chi connectivity index (χ2v) is 6.25. The molecule has 1 N–H and O–H groups in total. The van der Waals surface area contributed by atoms with Gasteiger partial charge in [0, 0.05) is 18.1 Å². The van der Waals surface area contributed by atoms with Crippen LogP contribution in [0.1, 0.15) is 5.56 Å². The lowest BCUT2D eigenvalue weighted by atomic mass is 10.2. The molecular weight excluding hydrogens is 351 g/mol. The van der Waals surface area contributed by atoms with Crippen molar-refractivity contribution in [1.82, 2.24) is 4.72 Å². The second-order valence-electron chi connectivity index (χ2n) is 3.56. The fraction of sp³-hybridized carbons (Fsp3) is 0.400. The van der Waals surface area contributed by atoms with Gasteiger partial charge in [0.25, 0.3) is 0 Å². The molecule has 0 saturated carbocycles. The van der Waals surface area contributed by atoms with E-state index in [1.165, 1.54) is 7.11 Å². The Labute approximate surface area is 117 Å². The molecule has 1 aromatic rings. The standard InChI is InChI=1S/C10H11BrF3NO3S/c1-18-3-2-15-19(16,17)9-5-7(10(12,13)14)4-8(11)6-9/h4-6,15H,2-3H2,1H3. The maximum atomic E-state index is 12.6. The molecule has 0 aliphatic carbocycles. The third-order valence-corrected chi connectivity index (χ3v) is 4.01. The van der Waals surface area contributed by atoms with Gasteiger partial charge < -0.3 is 4.74 Å². The average molecular weight is 362 g/mol. The molecule has 9 heteroatoms. The van der Waals surface area contributed by atoms with E-state index in [2.05, 4.69) is 25.4 Å². The summed E-state index contributed by atoms with van der Waals surface area (Å²) >= 11 is 2.86. The molecule has 0 unspecified atom stereocenters. The molecule has 0 fully saturated rings. The first-order valence-electron chi connectivity index (χ1n) is 5.03.